The van der Waals surface area contributed by atoms with Gasteiger partial charge in [0.15, 0.2) is 23.4 Å². The molecule has 0 aliphatic heterocycles. The van der Waals surface area contributed by atoms with Gasteiger partial charge in [-0.15, -0.1) is 0 Å². The van der Waals surface area contributed by atoms with Gasteiger partial charge in [-0.25, -0.2) is 0 Å². The van der Waals surface area contributed by atoms with E-state index in [9.17, 15) is 9.59 Å². The van der Waals surface area contributed by atoms with E-state index in [2.05, 4.69) is 5.32 Å². The molecule has 0 spiro atoms. The molecule has 0 bridgehead atoms. The lowest BCUT2D eigenvalue weighted by atomic mass is 10.1. The number of hydrogen-bond acceptors (Lipinski definition) is 5. The molecule has 0 heterocycles. The lowest BCUT2D eigenvalue weighted by molar-refractivity contribution is -0.122. The molecule has 31 heavy (non-hydrogen) atoms. The Labute approximate surface area is 181 Å². The third-order valence-corrected chi connectivity index (χ3v) is 4.61. The summed E-state index contributed by atoms with van der Waals surface area (Å²) in [5.41, 5.74) is 2.22. The Morgan fingerprint density at radius 1 is 0.935 bits per heavy atom. The molecule has 0 aliphatic rings. The third kappa shape index (κ3) is 6.09. The molecule has 1 amide bonds. The number of carbonyl (C=O) groups is 2. The number of ether oxygens (including phenoxy) is 3. The lowest BCUT2D eigenvalue weighted by Gasteiger charge is -2.17. The summed E-state index contributed by atoms with van der Waals surface area (Å²) >= 11 is 0. The smallest absolute Gasteiger partial charge is 0.265 e. The molecule has 3 aromatic carbocycles. The first-order chi connectivity index (χ1) is 15.0. The van der Waals surface area contributed by atoms with E-state index in [1.165, 1.54) is 14.0 Å². The summed E-state index contributed by atoms with van der Waals surface area (Å²) in [4.78, 5) is 24.1. The van der Waals surface area contributed by atoms with Crippen LogP contribution in [0, 0.1) is 0 Å². The minimum absolute atomic E-state index is 0.0770. The standard InChI is InChI=1S/C25H25NO5/c1-17(27)20-9-14-23(24(15-20)29-3)31-18(2)25(28)26-21-10-12-22(13-11-21)30-16-19-7-5-4-6-8-19/h4-15,18H,16H2,1-3H3,(H,26,28). The van der Waals surface area contributed by atoms with Crippen molar-refractivity contribution in [2.75, 3.05) is 12.4 Å². The van der Waals surface area contributed by atoms with E-state index in [1.54, 1.807) is 49.4 Å². The van der Waals surface area contributed by atoms with Crippen LogP contribution in [-0.2, 0) is 11.4 Å². The van der Waals surface area contributed by atoms with Gasteiger partial charge in [-0.3, -0.25) is 9.59 Å². The molecule has 1 N–H and O–H groups in total. The Kier molecular flexibility index (Phi) is 7.27. The first-order valence-corrected chi connectivity index (χ1v) is 9.89. The Balaban J connectivity index is 1.56. The van der Waals surface area contributed by atoms with Crippen molar-refractivity contribution >= 4 is 17.4 Å². The van der Waals surface area contributed by atoms with Crippen LogP contribution in [-0.4, -0.2) is 24.9 Å². The molecule has 0 fully saturated rings. The zero-order chi connectivity index (χ0) is 22.2. The van der Waals surface area contributed by atoms with Crippen LogP contribution < -0.4 is 19.5 Å². The van der Waals surface area contributed by atoms with Crippen LogP contribution in [0.4, 0.5) is 5.69 Å². The van der Waals surface area contributed by atoms with Crippen LogP contribution in [0.3, 0.4) is 0 Å². The van der Waals surface area contributed by atoms with Crippen molar-refractivity contribution in [1.29, 1.82) is 0 Å². The molecular formula is C25H25NO5. The number of carbonyl (C=O) groups excluding carboxylic acids is 2. The van der Waals surface area contributed by atoms with Crippen molar-refractivity contribution in [3.63, 3.8) is 0 Å². The van der Waals surface area contributed by atoms with Crippen molar-refractivity contribution in [2.45, 2.75) is 26.6 Å². The molecule has 0 radical (unpaired) electrons. The van der Waals surface area contributed by atoms with E-state index in [0.717, 1.165) is 5.56 Å². The van der Waals surface area contributed by atoms with Crippen LogP contribution in [0.5, 0.6) is 17.2 Å². The number of rotatable bonds is 9. The number of hydrogen-bond donors (Lipinski definition) is 1. The number of anilines is 1. The van der Waals surface area contributed by atoms with Crippen LogP contribution in [0.15, 0.2) is 72.8 Å². The number of methoxy groups -OCH3 is 1. The Morgan fingerprint density at radius 2 is 1.65 bits per heavy atom. The molecule has 0 aromatic heterocycles. The van der Waals surface area contributed by atoms with Crippen LogP contribution >= 0.6 is 0 Å². The maximum Gasteiger partial charge on any atom is 0.265 e. The van der Waals surface area contributed by atoms with Gasteiger partial charge in [0.25, 0.3) is 5.91 Å². The Morgan fingerprint density at radius 3 is 2.29 bits per heavy atom. The van der Waals surface area contributed by atoms with Gasteiger partial charge in [0, 0.05) is 11.3 Å². The number of amides is 1. The highest BCUT2D eigenvalue weighted by molar-refractivity contribution is 5.95. The van der Waals surface area contributed by atoms with E-state index in [4.69, 9.17) is 14.2 Å². The fourth-order valence-corrected chi connectivity index (χ4v) is 2.85. The summed E-state index contributed by atoms with van der Waals surface area (Å²) in [6.07, 6.45) is -0.772. The fourth-order valence-electron chi connectivity index (χ4n) is 2.85. The minimum atomic E-state index is -0.772. The lowest BCUT2D eigenvalue weighted by Crippen LogP contribution is -2.30. The van der Waals surface area contributed by atoms with Gasteiger partial charge in [-0.1, -0.05) is 30.3 Å². The molecule has 1 atom stereocenters. The van der Waals surface area contributed by atoms with E-state index in [-0.39, 0.29) is 11.7 Å². The average Bonchev–Trinajstić information content (AvgIpc) is 2.79. The van der Waals surface area contributed by atoms with Gasteiger partial charge in [-0.05, 0) is 61.9 Å². The predicted molar refractivity (Wildman–Crippen MR) is 119 cm³/mol. The van der Waals surface area contributed by atoms with E-state index < -0.39 is 6.10 Å². The van der Waals surface area contributed by atoms with Crippen molar-refractivity contribution in [1.82, 2.24) is 0 Å². The monoisotopic (exact) mass is 419 g/mol. The SMILES string of the molecule is COc1cc(C(C)=O)ccc1OC(C)C(=O)Nc1ccc(OCc2ccccc2)cc1. The molecule has 6 nitrogen and oxygen atoms in total. The molecule has 6 heteroatoms. The largest absolute Gasteiger partial charge is 0.493 e. The van der Waals surface area contributed by atoms with Gasteiger partial charge in [-0.2, -0.15) is 0 Å². The van der Waals surface area contributed by atoms with E-state index in [1.807, 2.05) is 30.3 Å². The van der Waals surface area contributed by atoms with Crippen molar-refractivity contribution < 1.29 is 23.8 Å². The highest BCUT2D eigenvalue weighted by Crippen LogP contribution is 2.29. The van der Waals surface area contributed by atoms with Crippen LogP contribution in [0.1, 0.15) is 29.8 Å². The molecule has 3 rings (SSSR count). The third-order valence-electron chi connectivity index (χ3n) is 4.61. The van der Waals surface area contributed by atoms with Crippen LogP contribution in [0.2, 0.25) is 0 Å². The number of benzene rings is 3. The molecule has 3 aromatic rings. The Bertz CT molecular complexity index is 1030. The maximum atomic E-state index is 12.5. The second-order valence-electron chi connectivity index (χ2n) is 6.97. The maximum absolute atomic E-state index is 12.5. The molecular weight excluding hydrogens is 394 g/mol. The topological polar surface area (TPSA) is 73.9 Å². The molecule has 0 aliphatic carbocycles. The molecule has 1 unspecified atom stereocenters. The van der Waals surface area contributed by atoms with Crippen LogP contribution in [0.25, 0.3) is 0 Å². The minimum Gasteiger partial charge on any atom is -0.493 e. The summed E-state index contributed by atoms with van der Waals surface area (Å²) in [5, 5.41) is 2.82. The number of ketones is 1. The molecule has 0 saturated heterocycles. The average molecular weight is 419 g/mol. The van der Waals surface area contributed by atoms with E-state index in [0.29, 0.717) is 35.1 Å². The van der Waals surface area contributed by atoms with Crippen molar-refractivity contribution in [2.24, 2.45) is 0 Å². The van der Waals surface area contributed by atoms with Gasteiger partial charge in [0.1, 0.15) is 12.4 Å². The normalized spacial score (nSPS) is 11.3. The van der Waals surface area contributed by atoms with Gasteiger partial charge in [0.2, 0.25) is 0 Å². The first-order valence-electron chi connectivity index (χ1n) is 9.89. The second kappa shape index (κ2) is 10.3. The fraction of sp³-hybridized carbons (Fsp3) is 0.200. The van der Waals surface area contributed by atoms with Gasteiger partial charge < -0.3 is 19.5 Å². The second-order valence-corrected chi connectivity index (χ2v) is 6.97. The summed E-state index contributed by atoms with van der Waals surface area (Å²) in [6.45, 7) is 3.59. The summed E-state index contributed by atoms with van der Waals surface area (Å²) in [7, 11) is 1.48. The number of nitrogens with one attached hydrogen (secondary N) is 1. The van der Waals surface area contributed by atoms with Crippen molar-refractivity contribution in [3.05, 3.63) is 83.9 Å². The number of Topliss-reactive ketones (excluding diaryl/α,β-unsaturated/α-hetero) is 1. The van der Waals surface area contributed by atoms with Crippen molar-refractivity contribution in [3.8, 4) is 17.2 Å². The first kappa shape index (κ1) is 21.9. The van der Waals surface area contributed by atoms with Gasteiger partial charge >= 0.3 is 0 Å². The molecule has 0 saturated carbocycles. The molecule has 160 valence electrons. The summed E-state index contributed by atoms with van der Waals surface area (Å²) in [5.74, 6) is 1.11. The zero-order valence-electron chi connectivity index (χ0n) is 17.8. The van der Waals surface area contributed by atoms with E-state index >= 15 is 0 Å². The zero-order valence-corrected chi connectivity index (χ0v) is 17.8. The summed E-state index contributed by atoms with van der Waals surface area (Å²) < 4.78 is 16.8. The highest BCUT2D eigenvalue weighted by Gasteiger charge is 2.18. The Hall–Kier alpha value is -3.80. The summed E-state index contributed by atoms with van der Waals surface area (Å²) in [6, 6.07) is 21.9. The highest BCUT2D eigenvalue weighted by atomic mass is 16.5. The predicted octanol–water partition coefficient (Wildman–Crippen LogP) is 4.88. The van der Waals surface area contributed by atoms with Gasteiger partial charge in [0.05, 0.1) is 7.11 Å². The quantitative estimate of drug-likeness (QED) is 0.500.